The van der Waals surface area contributed by atoms with E-state index in [0.717, 1.165) is 6.42 Å². The molecule has 0 radical (unpaired) electrons. The number of hydrogen-bond donors (Lipinski definition) is 1. The lowest BCUT2D eigenvalue weighted by molar-refractivity contribution is -0.122. The van der Waals surface area contributed by atoms with Crippen LogP contribution >= 0.6 is 0 Å². The van der Waals surface area contributed by atoms with Gasteiger partial charge in [-0.1, -0.05) is 13.8 Å². The first-order valence-electron chi connectivity index (χ1n) is 3.29. The van der Waals surface area contributed by atoms with Crippen LogP contribution in [0.4, 0.5) is 0 Å². The zero-order chi connectivity index (χ0) is 7.07. The zero-order valence-electron chi connectivity index (χ0n) is 6.19. The van der Waals surface area contributed by atoms with Crippen LogP contribution in [-0.4, -0.2) is 13.0 Å². The molecule has 1 atom stereocenters. The Labute approximate surface area is 55.6 Å². The van der Waals surface area contributed by atoms with Gasteiger partial charge in [-0.15, -0.1) is 0 Å². The summed E-state index contributed by atoms with van der Waals surface area (Å²) in [5.41, 5.74) is 0.278. The van der Waals surface area contributed by atoms with Crippen LogP contribution < -0.4 is 5.32 Å². The third kappa shape index (κ3) is 1.07. The van der Waals surface area contributed by atoms with Gasteiger partial charge in [0, 0.05) is 13.0 Å². The van der Waals surface area contributed by atoms with Crippen LogP contribution in [0.3, 0.4) is 0 Å². The van der Waals surface area contributed by atoms with E-state index in [9.17, 15) is 4.79 Å². The second kappa shape index (κ2) is 1.72. The molecule has 1 aliphatic rings. The second-order valence-corrected chi connectivity index (χ2v) is 3.36. The van der Waals surface area contributed by atoms with Gasteiger partial charge in [-0.05, 0) is 11.8 Å². The van der Waals surface area contributed by atoms with E-state index in [1.54, 1.807) is 7.05 Å². The molecule has 0 heterocycles. The van der Waals surface area contributed by atoms with Crippen molar-refractivity contribution < 1.29 is 4.79 Å². The van der Waals surface area contributed by atoms with E-state index in [1.807, 2.05) is 0 Å². The highest BCUT2D eigenvalue weighted by Gasteiger charge is 2.50. The van der Waals surface area contributed by atoms with E-state index in [4.69, 9.17) is 0 Å². The van der Waals surface area contributed by atoms with Crippen LogP contribution in [0.15, 0.2) is 0 Å². The van der Waals surface area contributed by atoms with Crippen molar-refractivity contribution in [2.45, 2.75) is 20.3 Å². The van der Waals surface area contributed by atoms with Gasteiger partial charge in [0.2, 0.25) is 5.91 Å². The third-order valence-corrected chi connectivity index (χ3v) is 2.08. The van der Waals surface area contributed by atoms with Gasteiger partial charge in [-0.2, -0.15) is 0 Å². The highest BCUT2D eigenvalue weighted by atomic mass is 16.2. The summed E-state index contributed by atoms with van der Waals surface area (Å²) in [5, 5.41) is 2.64. The van der Waals surface area contributed by atoms with Crippen molar-refractivity contribution in [2.75, 3.05) is 7.05 Å². The van der Waals surface area contributed by atoms with E-state index in [0.29, 0.717) is 0 Å². The summed E-state index contributed by atoms with van der Waals surface area (Å²) in [6, 6.07) is 0. The molecule has 1 rings (SSSR count). The first-order chi connectivity index (χ1) is 4.08. The molecule has 1 amide bonds. The normalized spacial score (nSPS) is 29.4. The Morgan fingerprint density at radius 3 is 2.22 bits per heavy atom. The first-order valence-corrected chi connectivity index (χ1v) is 3.29. The Morgan fingerprint density at radius 2 is 2.11 bits per heavy atom. The number of rotatable bonds is 1. The predicted molar refractivity (Wildman–Crippen MR) is 36.0 cm³/mol. The lowest BCUT2D eigenvalue weighted by Crippen LogP contribution is -2.21. The summed E-state index contributed by atoms with van der Waals surface area (Å²) in [4.78, 5) is 10.9. The van der Waals surface area contributed by atoms with Crippen molar-refractivity contribution in [2.24, 2.45) is 11.3 Å². The second-order valence-electron chi connectivity index (χ2n) is 3.36. The zero-order valence-corrected chi connectivity index (χ0v) is 6.19. The van der Waals surface area contributed by atoms with Crippen molar-refractivity contribution in [3.63, 3.8) is 0 Å². The number of nitrogens with one attached hydrogen (secondary N) is 1. The maximum absolute atomic E-state index is 10.9. The van der Waals surface area contributed by atoms with Crippen LogP contribution in [0.5, 0.6) is 0 Å². The Balaban J connectivity index is 2.42. The summed E-state index contributed by atoms with van der Waals surface area (Å²) < 4.78 is 0. The van der Waals surface area contributed by atoms with Gasteiger partial charge in [0.1, 0.15) is 0 Å². The first kappa shape index (κ1) is 6.59. The average molecular weight is 127 g/mol. The molecule has 52 valence electrons. The van der Waals surface area contributed by atoms with Crippen molar-refractivity contribution in [1.29, 1.82) is 0 Å². The minimum atomic E-state index is 0.194. The lowest BCUT2D eigenvalue weighted by atomic mass is 10.1. The molecule has 0 aromatic carbocycles. The van der Waals surface area contributed by atoms with E-state index in [1.165, 1.54) is 0 Å². The SMILES string of the molecule is CNC(=O)[C@@H]1CC1(C)C. The van der Waals surface area contributed by atoms with Crippen molar-refractivity contribution in [1.82, 2.24) is 5.32 Å². The standard InChI is InChI=1S/C7H13NO/c1-7(2)4-5(7)6(9)8-3/h5H,4H2,1-3H3,(H,8,9)/t5-/m0/s1. The molecular weight excluding hydrogens is 114 g/mol. The van der Waals surface area contributed by atoms with Crippen molar-refractivity contribution in [3.8, 4) is 0 Å². The van der Waals surface area contributed by atoms with Crippen LogP contribution in [-0.2, 0) is 4.79 Å². The molecular formula is C7H13NO. The molecule has 0 saturated heterocycles. The summed E-state index contributed by atoms with van der Waals surface area (Å²) >= 11 is 0. The highest BCUT2D eigenvalue weighted by Crippen LogP contribution is 2.51. The summed E-state index contributed by atoms with van der Waals surface area (Å²) in [5.74, 6) is 0.475. The molecule has 0 aromatic heterocycles. The molecule has 1 fully saturated rings. The smallest absolute Gasteiger partial charge is 0.223 e. The van der Waals surface area contributed by atoms with E-state index in [-0.39, 0.29) is 17.2 Å². The molecule has 0 bridgehead atoms. The molecule has 9 heavy (non-hydrogen) atoms. The van der Waals surface area contributed by atoms with E-state index >= 15 is 0 Å². The Morgan fingerprint density at radius 1 is 1.67 bits per heavy atom. The van der Waals surface area contributed by atoms with Gasteiger partial charge in [0.05, 0.1) is 0 Å². The van der Waals surface area contributed by atoms with Crippen molar-refractivity contribution in [3.05, 3.63) is 0 Å². The van der Waals surface area contributed by atoms with Crippen LogP contribution in [0.2, 0.25) is 0 Å². The van der Waals surface area contributed by atoms with Gasteiger partial charge in [0.15, 0.2) is 0 Å². The maximum Gasteiger partial charge on any atom is 0.223 e. The summed E-state index contributed by atoms with van der Waals surface area (Å²) in [6.45, 7) is 4.24. The number of amides is 1. The number of carbonyl (C=O) groups is 1. The molecule has 0 unspecified atom stereocenters. The molecule has 2 heteroatoms. The number of carbonyl (C=O) groups excluding carboxylic acids is 1. The lowest BCUT2D eigenvalue weighted by Gasteiger charge is -1.99. The van der Waals surface area contributed by atoms with Crippen molar-refractivity contribution >= 4 is 5.91 Å². The van der Waals surface area contributed by atoms with Gasteiger partial charge in [-0.25, -0.2) is 0 Å². The van der Waals surface area contributed by atoms with Gasteiger partial charge >= 0.3 is 0 Å². The molecule has 2 nitrogen and oxygen atoms in total. The number of hydrogen-bond acceptors (Lipinski definition) is 1. The minimum absolute atomic E-state index is 0.194. The fourth-order valence-corrected chi connectivity index (χ4v) is 1.09. The highest BCUT2D eigenvalue weighted by molar-refractivity contribution is 5.81. The summed E-state index contributed by atoms with van der Waals surface area (Å²) in [7, 11) is 1.69. The van der Waals surface area contributed by atoms with Gasteiger partial charge < -0.3 is 5.32 Å². The molecule has 1 aliphatic carbocycles. The molecule has 1 N–H and O–H groups in total. The third-order valence-electron chi connectivity index (χ3n) is 2.08. The Kier molecular flexibility index (Phi) is 1.26. The Hall–Kier alpha value is -0.530. The van der Waals surface area contributed by atoms with Crippen LogP contribution in [0.25, 0.3) is 0 Å². The van der Waals surface area contributed by atoms with Gasteiger partial charge in [-0.3, -0.25) is 4.79 Å². The van der Waals surface area contributed by atoms with Crippen LogP contribution in [0.1, 0.15) is 20.3 Å². The fourth-order valence-electron chi connectivity index (χ4n) is 1.09. The predicted octanol–water partition coefficient (Wildman–Crippen LogP) is 0.778. The average Bonchev–Trinajstić information content (AvgIpc) is 2.38. The minimum Gasteiger partial charge on any atom is -0.359 e. The summed E-state index contributed by atoms with van der Waals surface area (Å²) in [6.07, 6.45) is 1.05. The van der Waals surface area contributed by atoms with Gasteiger partial charge in [0.25, 0.3) is 0 Å². The quantitative estimate of drug-likeness (QED) is 0.554. The van der Waals surface area contributed by atoms with Crippen LogP contribution in [0, 0.1) is 11.3 Å². The fraction of sp³-hybridized carbons (Fsp3) is 0.857. The topological polar surface area (TPSA) is 29.1 Å². The monoisotopic (exact) mass is 127 g/mol. The molecule has 0 spiro atoms. The Bertz CT molecular complexity index is 140. The molecule has 0 aliphatic heterocycles. The van der Waals surface area contributed by atoms with E-state index in [2.05, 4.69) is 19.2 Å². The van der Waals surface area contributed by atoms with E-state index < -0.39 is 0 Å². The maximum atomic E-state index is 10.9. The largest absolute Gasteiger partial charge is 0.359 e. The molecule has 0 aromatic rings. The molecule has 1 saturated carbocycles.